The molecule has 0 aliphatic carbocycles. The fourth-order valence-corrected chi connectivity index (χ4v) is 3.95. The molecule has 1 saturated heterocycles. The first-order valence-electron chi connectivity index (χ1n) is 12.1. The average Bonchev–Trinajstić information content (AvgIpc) is 2.81. The van der Waals surface area contributed by atoms with Crippen molar-refractivity contribution in [2.45, 2.75) is 70.5 Å². The highest BCUT2D eigenvalue weighted by Crippen LogP contribution is 2.32. The van der Waals surface area contributed by atoms with Crippen molar-refractivity contribution in [3.05, 3.63) is 58.9 Å². The lowest BCUT2D eigenvalue weighted by atomic mass is 9.86. The van der Waals surface area contributed by atoms with Crippen LogP contribution in [0.3, 0.4) is 0 Å². The Bertz CT molecular complexity index is 1010. The number of piperidine rings is 1. The maximum absolute atomic E-state index is 12.5. The Balaban J connectivity index is 0.000000319. The summed E-state index contributed by atoms with van der Waals surface area (Å²) in [6, 6.07) is 9.13. The van der Waals surface area contributed by atoms with Crippen molar-refractivity contribution in [3.8, 4) is 5.75 Å². The number of carbonyl (C=O) groups is 1. The third-order valence-corrected chi connectivity index (χ3v) is 6.37. The minimum Gasteiger partial charge on any atom is -0.493 e. The first-order valence-corrected chi connectivity index (χ1v) is 12.5. The van der Waals surface area contributed by atoms with Crippen molar-refractivity contribution in [1.82, 2.24) is 10.6 Å². The number of rotatable bonds is 7. The lowest BCUT2D eigenvalue weighted by Gasteiger charge is -2.29. The summed E-state index contributed by atoms with van der Waals surface area (Å²) in [5, 5.41) is 6.54. The molecule has 0 radical (unpaired) electrons. The predicted octanol–water partition coefficient (Wildman–Crippen LogP) is 6.49. The number of hydrogen-bond acceptors (Lipinski definition) is 4. The fourth-order valence-electron chi connectivity index (χ4n) is 3.75. The largest absolute Gasteiger partial charge is 0.493 e. The zero-order valence-electron chi connectivity index (χ0n) is 21.3. The van der Waals surface area contributed by atoms with Crippen LogP contribution >= 0.6 is 12.6 Å². The normalized spacial score (nSPS) is 14.6. The zero-order valence-corrected chi connectivity index (χ0v) is 22.2. The Morgan fingerprint density at radius 3 is 2.39 bits per heavy atom. The van der Waals surface area contributed by atoms with Gasteiger partial charge in [0.15, 0.2) is 0 Å². The summed E-state index contributed by atoms with van der Waals surface area (Å²) in [6.45, 7) is 10.8. The molecule has 1 aliphatic heterocycles. The third kappa shape index (κ3) is 9.65. The van der Waals surface area contributed by atoms with Crippen molar-refractivity contribution < 1.29 is 27.1 Å². The van der Waals surface area contributed by atoms with Crippen LogP contribution in [0.25, 0.3) is 0 Å². The maximum atomic E-state index is 12.5. The molecule has 2 N–H and O–H groups in total. The molecule has 0 saturated carbocycles. The van der Waals surface area contributed by atoms with Gasteiger partial charge in [-0.3, -0.25) is 4.79 Å². The van der Waals surface area contributed by atoms with Gasteiger partial charge in [0.25, 0.3) is 0 Å². The molecule has 200 valence electrons. The van der Waals surface area contributed by atoms with Crippen molar-refractivity contribution in [1.29, 1.82) is 0 Å². The summed E-state index contributed by atoms with van der Waals surface area (Å²) in [6.07, 6.45) is -0.896. The van der Waals surface area contributed by atoms with E-state index in [0.29, 0.717) is 18.7 Å². The molecule has 4 nitrogen and oxygen atoms in total. The molecule has 0 aromatic heterocycles. The van der Waals surface area contributed by atoms with E-state index in [-0.39, 0.29) is 16.2 Å². The van der Waals surface area contributed by atoms with Crippen molar-refractivity contribution in [2.75, 3.05) is 19.7 Å². The van der Waals surface area contributed by atoms with Crippen LogP contribution in [0.2, 0.25) is 0 Å². The molecule has 0 atom stereocenters. The van der Waals surface area contributed by atoms with E-state index in [2.05, 4.69) is 55.3 Å². The molecule has 36 heavy (non-hydrogen) atoms. The number of aryl methyl sites for hydroxylation is 2. The van der Waals surface area contributed by atoms with Gasteiger partial charge in [0, 0.05) is 16.4 Å². The fraction of sp³-hybridized carbons (Fsp3) is 0.519. The monoisotopic (exact) mass is 528 g/mol. The van der Waals surface area contributed by atoms with E-state index in [1.165, 1.54) is 5.56 Å². The number of halogens is 4. The van der Waals surface area contributed by atoms with Crippen LogP contribution in [0.1, 0.15) is 56.2 Å². The zero-order chi connectivity index (χ0) is 26.9. The van der Waals surface area contributed by atoms with Crippen LogP contribution in [-0.4, -0.2) is 31.6 Å². The molecule has 3 rings (SSSR count). The third-order valence-electron chi connectivity index (χ3n) is 6.09. The summed E-state index contributed by atoms with van der Waals surface area (Å²) in [5.41, 5.74) is 0.728. The van der Waals surface area contributed by atoms with Gasteiger partial charge in [0.1, 0.15) is 11.6 Å². The van der Waals surface area contributed by atoms with Crippen molar-refractivity contribution >= 4 is 18.5 Å². The van der Waals surface area contributed by atoms with Gasteiger partial charge in [0.2, 0.25) is 5.91 Å². The molecule has 0 spiro atoms. The molecule has 1 aliphatic rings. The van der Waals surface area contributed by atoms with Crippen LogP contribution < -0.4 is 15.4 Å². The standard InChI is InChI=1S/C20H32N2O2.C7H4F4S/c1-15-6-7-16(2)18(14-15)24-13-5-10-20(3,4)19(23)22-17-8-11-21-12-9-17;8-6-2-1-4(12)3-5(6)7(9,10)11/h6-7,14,17,21H,5,8-13H2,1-4H3,(H,22,23);1-3,12H. The van der Waals surface area contributed by atoms with E-state index in [1.807, 2.05) is 13.8 Å². The second-order valence-corrected chi connectivity index (χ2v) is 10.3. The summed E-state index contributed by atoms with van der Waals surface area (Å²) >= 11 is 3.67. The van der Waals surface area contributed by atoms with E-state index < -0.39 is 17.6 Å². The van der Waals surface area contributed by atoms with Crippen LogP contribution in [0, 0.1) is 25.1 Å². The number of thiol groups is 1. The molecule has 0 unspecified atom stereocenters. The van der Waals surface area contributed by atoms with E-state index in [1.54, 1.807) is 0 Å². The highest BCUT2D eigenvalue weighted by atomic mass is 32.1. The van der Waals surface area contributed by atoms with Gasteiger partial charge in [-0.2, -0.15) is 13.2 Å². The Kier molecular flexibility index (Phi) is 11.1. The molecular formula is C27H36F4N2O2S. The minimum atomic E-state index is -4.65. The molecule has 0 bridgehead atoms. The van der Waals surface area contributed by atoms with Crippen LogP contribution in [0.5, 0.6) is 5.75 Å². The molecule has 1 fully saturated rings. The number of carbonyl (C=O) groups excluding carboxylic acids is 1. The van der Waals surface area contributed by atoms with Gasteiger partial charge in [-0.25, -0.2) is 4.39 Å². The topological polar surface area (TPSA) is 50.4 Å². The number of ether oxygens (including phenoxy) is 1. The highest BCUT2D eigenvalue weighted by Gasteiger charge is 2.34. The first kappa shape index (κ1) is 30.0. The van der Waals surface area contributed by atoms with Gasteiger partial charge >= 0.3 is 6.18 Å². The molecular weight excluding hydrogens is 492 g/mol. The summed E-state index contributed by atoms with van der Waals surface area (Å²) in [5.74, 6) is -0.159. The summed E-state index contributed by atoms with van der Waals surface area (Å²) < 4.78 is 54.3. The smallest absolute Gasteiger partial charge is 0.419 e. The first-order chi connectivity index (χ1) is 16.8. The van der Waals surface area contributed by atoms with Crippen LogP contribution in [0.15, 0.2) is 41.3 Å². The second-order valence-electron chi connectivity index (χ2n) is 9.76. The van der Waals surface area contributed by atoms with E-state index in [9.17, 15) is 22.4 Å². The van der Waals surface area contributed by atoms with Crippen molar-refractivity contribution in [3.63, 3.8) is 0 Å². The van der Waals surface area contributed by atoms with E-state index in [0.717, 1.165) is 62.2 Å². The van der Waals surface area contributed by atoms with Crippen LogP contribution in [0.4, 0.5) is 17.6 Å². The van der Waals surface area contributed by atoms with Crippen molar-refractivity contribution in [2.24, 2.45) is 5.41 Å². The Labute approximate surface area is 216 Å². The van der Waals surface area contributed by atoms with E-state index in [4.69, 9.17) is 4.74 Å². The number of amides is 1. The number of benzene rings is 2. The molecule has 2 aromatic carbocycles. The van der Waals surface area contributed by atoms with Gasteiger partial charge < -0.3 is 15.4 Å². The van der Waals surface area contributed by atoms with Crippen LogP contribution in [-0.2, 0) is 11.0 Å². The molecule has 2 aromatic rings. The highest BCUT2D eigenvalue weighted by molar-refractivity contribution is 7.80. The average molecular weight is 529 g/mol. The Morgan fingerprint density at radius 1 is 1.11 bits per heavy atom. The second kappa shape index (κ2) is 13.3. The Hall–Kier alpha value is -2.26. The SMILES string of the molecule is Cc1ccc(C)c(OCCCC(C)(C)C(=O)NC2CCNCC2)c1.Fc1ccc(S)cc1C(F)(F)F. The quantitative estimate of drug-likeness (QED) is 0.219. The van der Waals surface area contributed by atoms with Gasteiger partial charge in [0.05, 0.1) is 12.2 Å². The number of alkyl halides is 3. The number of nitrogens with one attached hydrogen (secondary N) is 2. The van der Waals surface area contributed by atoms with Gasteiger partial charge in [-0.05, 0) is 88.0 Å². The maximum Gasteiger partial charge on any atom is 0.419 e. The molecule has 9 heteroatoms. The molecule has 1 amide bonds. The lowest BCUT2D eigenvalue weighted by Crippen LogP contribution is -2.47. The number of hydrogen-bond donors (Lipinski definition) is 3. The predicted molar refractivity (Wildman–Crippen MR) is 137 cm³/mol. The summed E-state index contributed by atoms with van der Waals surface area (Å²) in [7, 11) is 0. The van der Waals surface area contributed by atoms with E-state index >= 15 is 0 Å². The summed E-state index contributed by atoms with van der Waals surface area (Å²) in [4.78, 5) is 12.6. The van der Waals surface area contributed by atoms with Gasteiger partial charge in [-0.1, -0.05) is 26.0 Å². The molecule has 1 heterocycles. The minimum absolute atomic E-state index is 0.0868. The lowest BCUT2D eigenvalue weighted by molar-refractivity contribution is -0.140. The van der Waals surface area contributed by atoms with Gasteiger partial charge in [-0.15, -0.1) is 12.6 Å². The Morgan fingerprint density at radius 2 is 1.78 bits per heavy atom.